The van der Waals surface area contributed by atoms with Gasteiger partial charge in [0.05, 0.1) is 22.8 Å². The van der Waals surface area contributed by atoms with Crippen molar-refractivity contribution >= 4 is 44.3 Å². The van der Waals surface area contributed by atoms with Crippen LogP contribution in [0.5, 0.6) is 0 Å². The fraction of sp³-hybridized carbons (Fsp3) is 0.0682. The van der Waals surface area contributed by atoms with Gasteiger partial charge in [0.15, 0.2) is 5.58 Å². The van der Waals surface area contributed by atoms with Crippen molar-refractivity contribution in [3.05, 3.63) is 169 Å². The van der Waals surface area contributed by atoms with Crippen molar-refractivity contribution in [2.75, 3.05) is 4.90 Å². The normalized spacial score (nSPS) is 18.2. The summed E-state index contributed by atoms with van der Waals surface area (Å²) in [6.45, 7) is 2.34. The molecule has 8 aromatic rings. The number of hydrogen-bond donors (Lipinski definition) is 0. The molecule has 0 fully saturated rings. The number of fused-ring (bicyclic) bond motifs is 7. The first-order valence-corrected chi connectivity index (χ1v) is 16.5. The zero-order valence-electron chi connectivity index (χ0n) is 26.4. The third kappa shape index (κ3) is 3.80. The van der Waals surface area contributed by atoms with E-state index in [-0.39, 0.29) is 11.5 Å². The van der Waals surface area contributed by atoms with E-state index in [9.17, 15) is 0 Å². The summed E-state index contributed by atoms with van der Waals surface area (Å²) in [6, 6.07) is 49.5. The molecule has 1 aliphatic carbocycles. The molecule has 0 amide bonds. The van der Waals surface area contributed by atoms with Crippen molar-refractivity contribution in [1.29, 1.82) is 0 Å². The number of aromatic nitrogens is 2. The second-order valence-electron chi connectivity index (χ2n) is 13.0. The molecule has 0 spiro atoms. The number of para-hydroxylation sites is 4. The molecule has 6 aromatic carbocycles. The minimum Gasteiger partial charge on any atom is -0.454 e. The standard InChI is InChI=1S/C44H31N3O/c1-44-28-10-9-23-40(44)47(36-19-7-5-17-34(36)44)38-21-11-16-33-41-32(15-12-22-39(41)48-42(33)38)29-24-26-31(27-25-29)46-37-20-8-6-18-35(37)45-43(46)30-13-3-2-4-14-30/h2-28,40H,1H3. The molecular formula is C44H31N3O. The first-order chi connectivity index (χ1) is 23.7. The van der Waals surface area contributed by atoms with Crippen LogP contribution >= 0.6 is 0 Å². The van der Waals surface area contributed by atoms with E-state index in [1.54, 1.807) is 0 Å². The Morgan fingerprint density at radius 3 is 2.33 bits per heavy atom. The van der Waals surface area contributed by atoms with Gasteiger partial charge in [-0.1, -0.05) is 121 Å². The van der Waals surface area contributed by atoms with Gasteiger partial charge < -0.3 is 9.32 Å². The molecule has 2 atom stereocenters. The number of rotatable bonds is 4. The van der Waals surface area contributed by atoms with E-state index in [1.165, 1.54) is 11.3 Å². The summed E-state index contributed by atoms with van der Waals surface area (Å²) in [4.78, 5) is 7.50. The Morgan fingerprint density at radius 1 is 0.667 bits per heavy atom. The van der Waals surface area contributed by atoms with Crippen LogP contribution < -0.4 is 4.90 Å². The molecule has 10 rings (SSSR count). The summed E-state index contributed by atoms with van der Waals surface area (Å²) >= 11 is 0. The number of anilines is 2. The highest BCUT2D eigenvalue weighted by Crippen LogP contribution is 2.53. The van der Waals surface area contributed by atoms with Crippen molar-refractivity contribution < 1.29 is 4.42 Å². The van der Waals surface area contributed by atoms with E-state index in [1.807, 2.05) is 12.1 Å². The van der Waals surface area contributed by atoms with Gasteiger partial charge in [0.25, 0.3) is 0 Å². The summed E-state index contributed by atoms with van der Waals surface area (Å²) in [7, 11) is 0. The van der Waals surface area contributed by atoms with Crippen LogP contribution in [0.3, 0.4) is 0 Å². The van der Waals surface area contributed by atoms with Crippen LogP contribution in [0, 0.1) is 0 Å². The Kier molecular flexibility index (Phi) is 5.73. The highest BCUT2D eigenvalue weighted by atomic mass is 16.3. The Balaban J connectivity index is 1.11. The Bertz CT molecular complexity index is 2590. The van der Waals surface area contributed by atoms with Crippen LogP contribution in [0.15, 0.2) is 168 Å². The first kappa shape index (κ1) is 27.0. The quantitative estimate of drug-likeness (QED) is 0.197. The lowest BCUT2D eigenvalue weighted by atomic mass is 9.76. The van der Waals surface area contributed by atoms with E-state index >= 15 is 0 Å². The average Bonchev–Trinajstić information content (AvgIpc) is 3.80. The van der Waals surface area contributed by atoms with Crippen LogP contribution in [0.2, 0.25) is 0 Å². The highest BCUT2D eigenvalue weighted by Gasteiger charge is 2.46. The van der Waals surface area contributed by atoms with Crippen molar-refractivity contribution in [1.82, 2.24) is 9.55 Å². The first-order valence-electron chi connectivity index (χ1n) is 16.5. The Morgan fingerprint density at radius 2 is 1.44 bits per heavy atom. The molecule has 3 heterocycles. The van der Waals surface area contributed by atoms with Crippen molar-refractivity contribution in [2.24, 2.45) is 0 Å². The number of nitrogens with zero attached hydrogens (tertiary/aromatic N) is 3. The highest BCUT2D eigenvalue weighted by molar-refractivity contribution is 6.15. The second-order valence-corrected chi connectivity index (χ2v) is 13.0. The number of benzene rings is 6. The van der Waals surface area contributed by atoms with Crippen LogP contribution in [-0.2, 0) is 5.41 Å². The molecule has 4 nitrogen and oxygen atoms in total. The summed E-state index contributed by atoms with van der Waals surface area (Å²) < 4.78 is 9.04. The van der Waals surface area contributed by atoms with Crippen molar-refractivity contribution in [3.8, 4) is 28.2 Å². The maximum atomic E-state index is 6.79. The number of hydrogen-bond acceptors (Lipinski definition) is 3. The van der Waals surface area contributed by atoms with E-state index in [4.69, 9.17) is 9.40 Å². The van der Waals surface area contributed by atoms with Gasteiger partial charge in [-0.3, -0.25) is 4.57 Å². The molecule has 0 bridgehead atoms. The predicted octanol–water partition coefficient (Wildman–Crippen LogP) is 11.2. The SMILES string of the molecule is CC12C=CC=CC1N(c1cccc3c1oc1cccc(-c4ccc(-n5c(-c6ccccc6)nc6ccccc65)cc4)c13)c1ccccc12. The van der Waals surface area contributed by atoms with Crippen LogP contribution in [-0.4, -0.2) is 15.6 Å². The van der Waals surface area contributed by atoms with Crippen LogP contribution in [0.1, 0.15) is 12.5 Å². The predicted molar refractivity (Wildman–Crippen MR) is 197 cm³/mol. The van der Waals surface area contributed by atoms with Gasteiger partial charge in [-0.15, -0.1) is 0 Å². The second kappa shape index (κ2) is 10.2. The number of imidazole rings is 1. The zero-order valence-corrected chi connectivity index (χ0v) is 26.4. The van der Waals surface area contributed by atoms with Gasteiger partial charge in [0, 0.05) is 33.1 Å². The van der Waals surface area contributed by atoms with Gasteiger partial charge in [-0.25, -0.2) is 4.98 Å². The molecule has 48 heavy (non-hydrogen) atoms. The molecule has 0 saturated carbocycles. The summed E-state index contributed by atoms with van der Waals surface area (Å²) in [5, 5.41) is 2.25. The molecular weight excluding hydrogens is 587 g/mol. The monoisotopic (exact) mass is 617 g/mol. The summed E-state index contributed by atoms with van der Waals surface area (Å²) in [6.07, 6.45) is 9.00. The lowest BCUT2D eigenvalue weighted by Gasteiger charge is -2.34. The Labute approximate surface area is 278 Å². The molecule has 0 radical (unpaired) electrons. The Hall–Kier alpha value is -6.13. The third-order valence-corrected chi connectivity index (χ3v) is 10.3. The molecule has 2 aliphatic rings. The molecule has 228 valence electrons. The summed E-state index contributed by atoms with van der Waals surface area (Å²) in [5.41, 5.74) is 11.9. The van der Waals surface area contributed by atoms with Crippen molar-refractivity contribution in [2.45, 2.75) is 18.4 Å². The fourth-order valence-electron chi connectivity index (χ4n) is 8.02. The third-order valence-electron chi connectivity index (χ3n) is 10.3. The van der Waals surface area contributed by atoms with Gasteiger partial charge in [-0.2, -0.15) is 0 Å². The molecule has 1 aliphatic heterocycles. The molecule has 4 heteroatoms. The molecule has 2 aromatic heterocycles. The summed E-state index contributed by atoms with van der Waals surface area (Å²) in [5.74, 6) is 0.933. The zero-order chi connectivity index (χ0) is 31.8. The van der Waals surface area contributed by atoms with Crippen LogP contribution in [0.25, 0.3) is 61.2 Å². The minimum absolute atomic E-state index is 0.118. The smallest absolute Gasteiger partial charge is 0.159 e. The van der Waals surface area contributed by atoms with Crippen molar-refractivity contribution in [3.63, 3.8) is 0 Å². The van der Waals surface area contributed by atoms with Crippen LogP contribution in [0.4, 0.5) is 11.4 Å². The fourth-order valence-corrected chi connectivity index (χ4v) is 8.02. The molecule has 2 unspecified atom stereocenters. The van der Waals surface area contributed by atoms with E-state index < -0.39 is 0 Å². The van der Waals surface area contributed by atoms with E-state index in [2.05, 4.69) is 168 Å². The largest absolute Gasteiger partial charge is 0.454 e. The number of furan rings is 1. The topological polar surface area (TPSA) is 34.2 Å². The van der Waals surface area contributed by atoms with Gasteiger partial charge in [0.1, 0.15) is 11.4 Å². The van der Waals surface area contributed by atoms with E-state index in [0.29, 0.717) is 0 Å². The van der Waals surface area contributed by atoms with Gasteiger partial charge >= 0.3 is 0 Å². The minimum atomic E-state index is -0.118. The maximum absolute atomic E-state index is 6.79. The molecule has 0 N–H and O–H groups in total. The van der Waals surface area contributed by atoms with E-state index in [0.717, 1.165) is 66.9 Å². The van der Waals surface area contributed by atoms with Gasteiger partial charge in [0.2, 0.25) is 0 Å². The number of allylic oxidation sites excluding steroid dienone is 2. The lowest BCUT2D eigenvalue weighted by Crippen LogP contribution is -2.39. The molecule has 0 saturated heterocycles. The maximum Gasteiger partial charge on any atom is 0.159 e. The lowest BCUT2D eigenvalue weighted by molar-refractivity contribution is 0.549. The average molecular weight is 618 g/mol. The van der Waals surface area contributed by atoms with Gasteiger partial charge in [-0.05, 0) is 66.1 Å².